The lowest BCUT2D eigenvalue weighted by Gasteiger charge is -2.35. The van der Waals surface area contributed by atoms with Crippen molar-refractivity contribution in [2.45, 2.75) is 84.5 Å². The van der Waals surface area contributed by atoms with Gasteiger partial charge in [-0.05, 0) is 63.7 Å². The molecule has 2 aliphatic heterocycles. The number of fused-ring (bicyclic) bond motifs is 1. The molecule has 1 aromatic carbocycles. The van der Waals surface area contributed by atoms with Crippen molar-refractivity contribution in [3.05, 3.63) is 35.9 Å². The van der Waals surface area contributed by atoms with Gasteiger partial charge < -0.3 is 10.6 Å². The minimum atomic E-state index is 0.235. The third kappa shape index (κ3) is 9.31. The zero-order chi connectivity index (χ0) is 21.4. The molecule has 2 unspecified atom stereocenters. The monoisotopic (exact) mass is 414 g/mol. The van der Waals surface area contributed by atoms with Crippen LogP contribution in [0.25, 0.3) is 0 Å². The number of rotatable bonds is 5. The number of ketones is 1. The van der Waals surface area contributed by atoms with E-state index in [2.05, 4.69) is 24.5 Å². The van der Waals surface area contributed by atoms with Gasteiger partial charge in [-0.3, -0.25) is 4.79 Å². The van der Waals surface area contributed by atoms with Gasteiger partial charge in [0.1, 0.15) is 0 Å². The van der Waals surface area contributed by atoms with Crippen molar-refractivity contribution in [2.75, 3.05) is 26.2 Å². The molecule has 2 saturated heterocycles. The highest BCUT2D eigenvalue weighted by Crippen LogP contribution is 2.33. The van der Waals surface area contributed by atoms with Crippen LogP contribution in [0.3, 0.4) is 0 Å². The van der Waals surface area contributed by atoms with E-state index in [9.17, 15) is 4.79 Å². The van der Waals surface area contributed by atoms with E-state index in [1.54, 1.807) is 0 Å². The Morgan fingerprint density at radius 1 is 0.800 bits per heavy atom. The van der Waals surface area contributed by atoms with E-state index < -0.39 is 0 Å². The Morgan fingerprint density at radius 3 is 2.00 bits per heavy atom. The van der Waals surface area contributed by atoms with Crippen LogP contribution in [0.4, 0.5) is 0 Å². The quantitative estimate of drug-likeness (QED) is 0.442. The van der Waals surface area contributed by atoms with Crippen molar-refractivity contribution in [2.24, 2.45) is 17.8 Å². The lowest BCUT2D eigenvalue weighted by Crippen LogP contribution is -2.38. The third-order valence-corrected chi connectivity index (χ3v) is 6.89. The van der Waals surface area contributed by atoms with E-state index in [1.165, 1.54) is 70.9 Å². The molecule has 1 saturated carbocycles. The van der Waals surface area contributed by atoms with Gasteiger partial charge in [0, 0.05) is 11.5 Å². The summed E-state index contributed by atoms with van der Waals surface area (Å²) in [5.41, 5.74) is 0.861. The number of unbranched alkanes of at least 4 members (excludes halogenated alkanes) is 3. The number of hydrogen-bond acceptors (Lipinski definition) is 3. The Kier molecular flexibility index (Phi) is 13.0. The first-order valence-electron chi connectivity index (χ1n) is 12.8. The average molecular weight is 415 g/mol. The third-order valence-electron chi connectivity index (χ3n) is 6.89. The molecule has 3 heteroatoms. The number of benzene rings is 1. The molecule has 1 aromatic rings. The second-order valence-corrected chi connectivity index (χ2v) is 9.26. The van der Waals surface area contributed by atoms with Crippen molar-refractivity contribution in [1.29, 1.82) is 0 Å². The van der Waals surface area contributed by atoms with Crippen LogP contribution >= 0.6 is 0 Å². The first kappa shape index (κ1) is 25.1. The second-order valence-electron chi connectivity index (χ2n) is 9.26. The van der Waals surface area contributed by atoms with Crippen LogP contribution in [-0.4, -0.2) is 32.0 Å². The van der Waals surface area contributed by atoms with E-state index in [-0.39, 0.29) is 5.92 Å². The highest BCUT2D eigenvalue weighted by atomic mass is 16.1. The Hall–Kier alpha value is -1.19. The molecular weight excluding hydrogens is 368 g/mol. The molecule has 0 spiro atoms. The average Bonchev–Trinajstić information content (AvgIpc) is 2.84. The maximum absolute atomic E-state index is 12.0. The first-order chi connectivity index (χ1) is 14.8. The molecule has 0 aromatic heterocycles. The van der Waals surface area contributed by atoms with Gasteiger partial charge >= 0.3 is 0 Å². The summed E-state index contributed by atoms with van der Waals surface area (Å²) in [6.45, 7) is 9.00. The lowest BCUT2D eigenvalue weighted by atomic mass is 9.76. The minimum absolute atomic E-state index is 0.235. The molecule has 170 valence electrons. The van der Waals surface area contributed by atoms with Crippen molar-refractivity contribution < 1.29 is 4.79 Å². The van der Waals surface area contributed by atoms with Gasteiger partial charge in [-0.2, -0.15) is 0 Å². The fourth-order valence-corrected chi connectivity index (χ4v) is 4.93. The molecule has 3 nitrogen and oxygen atoms in total. The van der Waals surface area contributed by atoms with Crippen molar-refractivity contribution in [1.82, 2.24) is 10.6 Å². The molecule has 1 aliphatic carbocycles. The fourth-order valence-electron chi connectivity index (χ4n) is 4.93. The van der Waals surface area contributed by atoms with Crippen LogP contribution in [0.2, 0.25) is 0 Å². The molecule has 2 atom stereocenters. The molecule has 0 radical (unpaired) electrons. The van der Waals surface area contributed by atoms with E-state index >= 15 is 0 Å². The maximum atomic E-state index is 12.0. The summed E-state index contributed by atoms with van der Waals surface area (Å²) >= 11 is 0. The van der Waals surface area contributed by atoms with E-state index in [0.717, 1.165) is 43.3 Å². The van der Waals surface area contributed by atoms with Crippen LogP contribution in [0, 0.1) is 17.8 Å². The fraction of sp³-hybridized carbons (Fsp3) is 0.741. The van der Waals surface area contributed by atoms with Gasteiger partial charge in [-0.25, -0.2) is 0 Å². The number of Topliss-reactive ketones (excluding diaryl/α,β-unsaturated/α-hetero) is 1. The van der Waals surface area contributed by atoms with Crippen LogP contribution in [0.5, 0.6) is 0 Å². The predicted octanol–water partition coefficient (Wildman–Crippen LogP) is 6.24. The highest BCUT2D eigenvalue weighted by molar-refractivity contribution is 5.97. The van der Waals surface area contributed by atoms with Gasteiger partial charge in [0.15, 0.2) is 5.78 Å². The van der Waals surface area contributed by atoms with Gasteiger partial charge in [0.05, 0.1) is 0 Å². The van der Waals surface area contributed by atoms with Crippen LogP contribution in [-0.2, 0) is 0 Å². The van der Waals surface area contributed by atoms with Crippen molar-refractivity contribution in [3.63, 3.8) is 0 Å². The largest absolute Gasteiger partial charge is 0.317 e. The molecule has 2 heterocycles. The summed E-state index contributed by atoms with van der Waals surface area (Å²) in [7, 11) is 0. The number of nitrogens with one attached hydrogen (secondary N) is 2. The van der Waals surface area contributed by atoms with E-state index in [4.69, 9.17) is 0 Å². The number of carbonyl (C=O) groups excluding carboxylic acids is 1. The highest BCUT2D eigenvalue weighted by Gasteiger charge is 2.26. The minimum Gasteiger partial charge on any atom is -0.317 e. The summed E-state index contributed by atoms with van der Waals surface area (Å²) in [5.74, 6) is 2.68. The summed E-state index contributed by atoms with van der Waals surface area (Å²) in [4.78, 5) is 12.0. The standard InChI is InChI=1S/C12H15NO.C9H17N.C6H14/c14-12(10-4-2-1-3-5-10)11-6-8-13-9-7-11;1-2-4-9-7-10-6-5-8(9)3-1;1-3-5-6-4-2/h1-5,11,13H,6-9H2;8-10H,1-7H2;3-6H2,1-2H3. The summed E-state index contributed by atoms with van der Waals surface area (Å²) in [6, 6.07) is 9.61. The maximum Gasteiger partial charge on any atom is 0.166 e. The molecule has 4 rings (SSSR count). The Morgan fingerprint density at radius 2 is 1.40 bits per heavy atom. The first-order valence-corrected chi connectivity index (χ1v) is 12.8. The predicted molar refractivity (Wildman–Crippen MR) is 129 cm³/mol. The molecule has 0 amide bonds. The number of carbonyl (C=O) groups is 1. The normalized spacial score (nSPS) is 23.8. The van der Waals surface area contributed by atoms with Crippen molar-refractivity contribution in [3.8, 4) is 0 Å². The number of hydrogen-bond donors (Lipinski definition) is 2. The Bertz CT molecular complexity index is 523. The van der Waals surface area contributed by atoms with Crippen LogP contribution in [0.1, 0.15) is 94.8 Å². The van der Waals surface area contributed by atoms with E-state index in [1.807, 2.05) is 30.3 Å². The second kappa shape index (κ2) is 15.6. The topological polar surface area (TPSA) is 41.1 Å². The SMILES string of the molecule is C1CCC2CNCCC2C1.CCCCCC.O=C(c1ccccc1)C1CCNCC1. The van der Waals surface area contributed by atoms with Crippen LogP contribution < -0.4 is 10.6 Å². The molecule has 0 bridgehead atoms. The molecule has 3 aliphatic rings. The van der Waals surface area contributed by atoms with Gasteiger partial charge in [-0.1, -0.05) is 89.1 Å². The molecular formula is C27H46N2O. The van der Waals surface area contributed by atoms with Gasteiger partial charge in [-0.15, -0.1) is 0 Å². The summed E-state index contributed by atoms with van der Waals surface area (Å²) in [5, 5.41) is 6.75. The molecule has 3 fully saturated rings. The van der Waals surface area contributed by atoms with Gasteiger partial charge in [0.25, 0.3) is 0 Å². The summed E-state index contributed by atoms with van der Waals surface area (Å²) < 4.78 is 0. The zero-order valence-electron chi connectivity index (χ0n) is 19.6. The summed E-state index contributed by atoms with van der Waals surface area (Å²) in [6.07, 6.45) is 15.0. The Labute approximate surface area is 185 Å². The van der Waals surface area contributed by atoms with Crippen LogP contribution in [0.15, 0.2) is 30.3 Å². The Balaban J connectivity index is 0.000000175. The van der Waals surface area contributed by atoms with Gasteiger partial charge in [0.2, 0.25) is 0 Å². The van der Waals surface area contributed by atoms with E-state index in [0.29, 0.717) is 5.78 Å². The zero-order valence-corrected chi connectivity index (χ0v) is 19.6. The number of piperidine rings is 2. The van der Waals surface area contributed by atoms with Crippen molar-refractivity contribution >= 4 is 5.78 Å². The molecule has 30 heavy (non-hydrogen) atoms. The molecule has 2 N–H and O–H groups in total. The smallest absolute Gasteiger partial charge is 0.166 e. The lowest BCUT2D eigenvalue weighted by molar-refractivity contribution is 0.0895.